The lowest BCUT2D eigenvalue weighted by atomic mass is 10.1. The first-order chi connectivity index (χ1) is 9.52. The summed E-state index contributed by atoms with van der Waals surface area (Å²) in [5.74, 6) is 0.913. The van der Waals surface area contributed by atoms with Crippen LogP contribution in [0.5, 0.6) is 5.75 Å². The molecule has 1 heterocycles. The maximum Gasteiger partial charge on any atom is 0.247 e. The van der Waals surface area contributed by atoms with Gasteiger partial charge in [-0.15, -0.1) is 0 Å². The van der Waals surface area contributed by atoms with Crippen LogP contribution < -0.4 is 10.5 Å². The Balaban J connectivity index is 2.00. The van der Waals surface area contributed by atoms with E-state index in [9.17, 15) is 8.42 Å². The molecular weight excluding hydrogens is 276 g/mol. The van der Waals surface area contributed by atoms with Crippen molar-refractivity contribution in [1.82, 2.24) is 4.31 Å². The first-order valence-corrected chi connectivity index (χ1v) is 8.50. The highest BCUT2D eigenvalue weighted by Crippen LogP contribution is 2.42. The van der Waals surface area contributed by atoms with Crippen molar-refractivity contribution < 1.29 is 13.2 Å². The average Bonchev–Trinajstić information content (AvgIpc) is 3.03. The number of sulfonamides is 1. The molecule has 1 aliphatic heterocycles. The summed E-state index contributed by atoms with van der Waals surface area (Å²) in [5.41, 5.74) is 6.20. The molecule has 1 saturated heterocycles. The number of ether oxygens (including phenoxy) is 1. The monoisotopic (exact) mass is 296 g/mol. The van der Waals surface area contributed by atoms with Crippen LogP contribution in [0, 0.1) is 5.92 Å². The first-order valence-electron chi connectivity index (χ1n) is 7.06. The number of nitrogens with two attached hydrogens (primary N) is 1. The Bertz CT molecular complexity index is 615. The van der Waals surface area contributed by atoms with Gasteiger partial charge in [0, 0.05) is 18.3 Å². The molecule has 2 bridgehead atoms. The van der Waals surface area contributed by atoms with Crippen LogP contribution in [0.25, 0.3) is 0 Å². The maximum atomic E-state index is 12.9. The van der Waals surface area contributed by atoms with Crippen molar-refractivity contribution in [1.29, 1.82) is 0 Å². The van der Waals surface area contributed by atoms with Crippen LogP contribution in [-0.2, 0) is 10.0 Å². The molecule has 3 rings (SSSR count). The molecule has 0 amide bonds. The van der Waals surface area contributed by atoms with Gasteiger partial charge in [-0.05, 0) is 50.3 Å². The van der Waals surface area contributed by atoms with E-state index in [4.69, 9.17) is 10.5 Å². The second-order valence-electron chi connectivity index (χ2n) is 5.55. The van der Waals surface area contributed by atoms with Crippen LogP contribution in [0.2, 0.25) is 0 Å². The molecule has 1 aromatic carbocycles. The molecule has 110 valence electrons. The maximum absolute atomic E-state index is 12.9. The summed E-state index contributed by atoms with van der Waals surface area (Å²) in [4.78, 5) is 0.201. The van der Waals surface area contributed by atoms with Gasteiger partial charge in [0.05, 0.1) is 6.61 Å². The average molecular weight is 296 g/mol. The summed E-state index contributed by atoms with van der Waals surface area (Å²) in [6.45, 7) is 2.90. The summed E-state index contributed by atoms with van der Waals surface area (Å²) in [7, 11) is -3.52. The number of hydrogen-bond donors (Lipinski definition) is 1. The molecule has 0 spiro atoms. The SMILES string of the molecule is CCOc1ccc(N)cc1S(=O)(=O)N1CC2CCC1C2. The Morgan fingerprint density at radius 1 is 1.40 bits per heavy atom. The zero-order valence-corrected chi connectivity index (χ0v) is 12.4. The molecule has 6 heteroatoms. The smallest absolute Gasteiger partial charge is 0.247 e. The highest BCUT2D eigenvalue weighted by molar-refractivity contribution is 7.89. The Kier molecular flexibility index (Phi) is 3.38. The molecule has 20 heavy (non-hydrogen) atoms. The zero-order chi connectivity index (χ0) is 14.3. The minimum Gasteiger partial charge on any atom is -0.492 e. The van der Waals surface area contributed by atoms with Crippen LogP contribution in [0.3, 0.4) is 0 Å². The lowest BCUT2D eigenvalue weighted by molar-refractivity contribution is 0.318. The number of hydrogen-bond acceptors (Lipinski definition) is 4. The van der Waals surface area contributed by atoms with E-state index in [0.29, 0.717) is 30.5 Å². The second-order valence-corrected chi connectivity index (χ2v) is 7.41. The lowest BCUT2D eigenvalue weighted by Gasteiger charge is -2.27. The number of fused-ring (bicyclic) bond motifs is 2. The van der Waals surface area contributed by atoms with Crippen LogP contribution >= 0.6 is 0 Å². The van der Waals surface area contributed by atoms with Gasteiger partial charge < -0.3 is 10.5 Å². The molecule has 2 atom stereocenters. The van der Waals surface area contributed by atoms with E-state index in [-0.39, 0.29) is 10.9 Å². The third-order valence-electron chi connectivity index (χ3n) is 4.21. The number of piperidine rings is 1. The summed E-state index contributed by atoms with van der Waals surface area (Å²) in [6, 6.07) is 4.97. The molecule has 2 unspecified atom stereocenters. The van der Waals surface area contributed by atoms with Crippen molar-refractivity contribution in [2.75, 3.05) is 18.9 Å². The summed E-state index contributed by atoms with van der Waals surface area (Å²) in [6.07, 6.45) is 3.10. The van der Waals surface area contributed by atoms with E-state index in [1.807, 2.05) is 6.92 Å². The standard InChI is InChI=1S/C14H20N2O3S/c1-2-19-13-6-4-11(15)8-14(13)20(17,18)16-9-10-3-5-12(16)7-10/h4,6,8,10,12H,2-3,5,7,9,15H2,1H3. The molecule has 2 fully saturated rings. The van der Waals surface area contributed by atoms with Gasteiger partial charge in [0.15, 0.2) is 0 Å². The van der Waals surface area contributed by atoms with Gasteiger partial charge in [-0.3, -0.25) is 0 Å². The van der Waals surface area contributed by atoms with Crippen LogP contribution in [0.15, 0.2) is 23.1 Å². The third kappa shape index (κ3) is 2.16. The van der Waals surface area contributed by atoms with E-state index >= 15 is 0 Å². The van der Waals surface area contributed by atoms with Crippen LogP contribution in [0.1, 0.15) is 26.2 Å². The van der Waals surface area contributed by atoms with E-state index in [1.165, 1.54) is 6.07 Å². The number of benzene rings is 1. The van der Waals surface area contributed by atoms with Crippen molar-refractivity contribution in [3.63, 3.8) is 0 Å². The third-order valence-corrected chi connectivity index (χ3v) is 6.15. The molecule has 1 saturated carbocycles. The predicted molar refractivity (Wildman–Crippen MR) is 77.0 cm³/mol. The number of rotatable bonds is 4. The normalized spacial score (nSPS) is 26.1. The zero-order valence-electron chi connectivity index (χ0n) is 11.6. The van der Waals surface area contributed by atoms with Gasteiger partial charge in [-0.25, -0.2) is 8.42 Å². The van der Waals surface area contributed by atoms with Gasteiger partial charge in [-0.2, -0.15) is 4.31 Å². The first kappa shape index (κ1) is 13.7. The van der Waals surface area contributed by atoms with Crippen LogP contribution in [0.4, 0.5) is 5.69 Å². The molecular formula is C14H20N2O3S. The quantitative estimate of drug-likeness (QED) is 0.861. The van der Waals surface area contributed by atoms with Crippen molar-refractivity contribution in [3.05, 3.63) is 18.2 Å². The predicted octanol–water partition coefficient (Wildman–Crippen LogP) is 1.84. The molecule has 0 radical (unpaired) electrons. The lowest BCUT2D eigenvalue weighted by Crippen LogP contribution is -2.37. The van der Waals surface area contributed by atoms with E-state index in [2.05, 4.69) is 0 Å². The van der Waals surface area contributed by atoms with Crippen molar-refractivity contribution in [3.8, 4) is 5.75 Å². The molecule has 0 aromatic heterocycles. The van der Waals surface area contributed by atoms with Crippen LogP contribution in [-0.4, -0.2) is 31.9 Å². The Hall–Kier alpha value is -1.27. The fourth-order valence-electron chi connectivity index (χ4n) is 3.30. The number of nitrogen functional groups attached to an aromatic ring is 1. The highest BCUT2D eigenvalue weighted by atomic mass is 32.2. The fraction of sp³-hybridized carbons (Fsp3) is 0.571. The van der Waals surface area contributed by atoms with E-state index in [0.717, 1.165) is 19.3 Å². The minimum atomic E-state index is -3.52. The molecule has 1 aliphatic carbocycles. The molecule has 5 nitrogen and oxygen atoms in total. The van der Waals surface area contributed by atoms with Gasteiger partial charge in [0.2, 0.25) is 10.0 Å². The topological polar surface area (TPSA) is 72.6 Å². The summed E-state index contributed by atoms with van der Waals surface area (Å²) in [5, 5.41) is 0. The Morgan fingerprint density at radius 2 is 2.20 bits per heavy atom. The van der Waals surface area contributed by atoms with Crippen molar-refractivity contribution in [2.45, 2.75) is 37.1 Å². The van der Waals surface area contributed by atoms with E-state index in [1.54, 1.807) is 16.4 Å². The number of nitrogens with zero attached hydrogens (tertiary/aromatic N) is 1. The van der Waals surface area contributed by atoms with Crippen molar-refractivity contribution >= 4 is 15.7 Å². The summed E-state index contributed by atoms with van der Waals surface area (Å²) < 4.78 is 32.8. The van der Waals surface area contributed by atoms with Gasteiger partial charge >= 0.3 is 0 Å². The second kappa shape index (κ2) is 4.93. The Morgan fingerprint density at radius 3 is 2.80 bits per heavy atom. The van der Waals surface area contributed by atoms with Gasteiger partial charge in [0.25, 0.3) is 0 Å². The minimum absolute atomic E-state index is 0.154. The Labute approximate surface area is 119 Å². The van der Waals surface area contributed by atoms with Crippen molar-refractivity contribution in [2.24, 2.45) is 5.92 Å². The highest BCUT2D eigenvalue weighted by Gasteiger charge is 2.45. The fourth-order valence-corrected chi connectivity index (χ4v) is 5.21. The summed E-state index contributed by atoms with van der Waals surface area (Å²) >= 11 is 0. The largest absolute Gasteiger partial charge is 0.492 e. The molecule has 1 aromatic rings. The number of anilines is 1. The molecule has 2 aliphatic rings. The van der Waals surface area contributed by atoms with Gasteiger partial charge in [-0.1, -0.05) is 0 Å². The molecule has 2 N–H and O–H groups in total. The van der Waals surface area contributed by atoms with E-state index < -0.39 is 10.0 Å². The van der Waals surface area contributed by atoms with Gasteiger partial charge in [0.1, 0.15) is 10.6 Å².